The lowest BCUT2D eigenvalue weighted by Gasteiger charge is -2.13. The van der Waals surface area contributed by atoms with Crippen LogP contribution in [-0.4, -0.2) is 12.4 Å². The molecular weight excluding hydrogens is 214 g/mol. The van der Waals surface area contributed by atoms with Crippen molar-refractivity contribution in [3.63, 3.8) is 0 Å². The van der Waals surface area contributed by atoms with Crippen molar-refractivity contribution in [2.45, 2.75) is 19.2 Å². The van der Waals surface area contributed by atoms with Gasteiger partial charge in [-0.25, -0.2) is 0 Å². The minimum Gasteiger partial charge on any atom is -0.493 e. The molecule has 0 radical (unpaired) electrons. The fourth-order valence-electron chi connectivity index (χ4n) is 1.26. The van der Waals surface area contributed by atoms with Crippen LogP contribution in [0.5, 0.6) is 5.75 Å². The summed E-state index contributed by atoms with van der Waals surface area (Å²) in [7, 11) is 0. The Morgan fingerprint density at radius 3 is 2.80 bits per heavy atom. The highest BCUT2D eigenvalue weighted by Crippen LogP contribution is 2.32. The van der Waals surface area contributed by atoms with Crippen LogP contribution in [0.25, 0.3) is 0 Å². The quantitative estimate of drug-likeness (QED) is 0.635. The van der Waals surface area contributed by atoms with Crippen LogP contribution in [0.1, 0.15) is 24.8 Å². The Kier molecular flexibility index (Phi) is 3.97. The minimum absolute atomic E-state index is 0.109. The van der Waals surface area contributed by atoms with Crippen LogP contribution in [0.15, 0.2) is 18.2 Å². The van der Waals surface area contributed by atoms with Crippen molar-refractivity contribution < 1.29 is 9.53 Å². The molecule has 0 bridgehead atoms. The second-order valence-electron chi connectivity index (χ2n) is 3.20. The second kappa shape index (κ2) is 5.03. The standard InChI is InChI=1S/C11H14ClNO2/c1-3-15-10-6-8(13)4-5-9(10)11(12)7(2)14/h4-6,11H,3,13H2,1-2H3. The zero-order chi connectivity index (χ0) is 11.4. The van der Waals surface area contributed by atoms with Crippen LogP contribution in [0.4, 0.5) is 5.69 Å². The third kappa shape index (κ3) is 2.86. The van der Waals surface area contributed by atoms with Gasteiger partial charge in [-0.15, -0.1) is 11.6 Å². The lowest BCUT2D eigenvalue weighted by atomic mass is 10.1. The van der Waals surface area contributed by atoms with E-state index >= 15 is 0 Å². The molecule has 1 rings (SSSR count). The maximum Gasteiger partial charge on any atom is 0.152 e. The van der Waals surface area contributed by atoms with Gasteiger partial charge in [0.1, 0.15) is 11.1 Å². The molecule has 0 spiro atoms. The molecule has 0 amide bonds. The SMILES string of the molecule is CCOc1cc(N)ccc1C(Cl)C(C)=O. The summed E-state index contributed by atoms with van der Waals surface area (Å²) in [6.45, 7) is 3.83. The van der Waals surface area contributed by atoms with E-state index in [2.05, 4.69) is 0 Å². The van der Waals surface area contributed by atoms with Crippen molar-refractivity contribution in [1.29, 1.82) is 0 Å². The molecule has 0 heterocycles. The predicted molar refractivity (Wildman–Crippen MR) is 61.3 cm³/mol. The summed E-state index contributed by atoms with van der Waals surface area (Å²) < 4.78 is 5.37. The van der Waals surface area contributed by atoms with Crippen molar-refractivity contribution in [1.82, 2.24) is 0 Å². The van der Waals surface area contributed by atoms with Gasteiger partial charge in [0.25, 0.3) is 0 Å². The molecule has 0 aliphatic heterocycles. The van der Waals surface area contributed by atoms with Gasteiger partial charge in [-0.05, 0) is 19.9 Å². The number of Topliss-reactive ketones (excluding diaryl/α,β-unsaturated/α-hetero) is 1. The number of benzene rings is 1. The molecule has 0 aliphatic carbocycles. The van der Waals surface area contributed by atoms with E-state index < -0.39 is 5.38 Å². The molecule has 0 aliphatic rings. The lowest BCUT2D eigenvalue weighted by molar-refractivity contribution is -0.116. The van der Waals surface area contributed by atoms with Gasteiger partial charge in [-0.2, -0.15) is 0 Å². The summed E-state index contributed by atoms with van der Waals surface area (Å²) >= 11 is 5.96. The third-order valence-electron chi connectivity index (χ3n) is 1.97. The summed E-state index contributed by atoms with van der Waals surface area (Å²) in [5.41, 5.74) is 6.89. The number of ketones is 1. The van der Waals surface area contributed by atoms with Crippen LogP contribution >= 0.6 is 11.6 Å². The Morgan fingerprint density at radius 2 is 2.27 bits per heavy atom. The summed E-state index contributed by atoms with van der Waals surface area (Å²) in [6.07, 6.45) is 0. The molecule has 1 aromatic carbocycles. The molecule has 0 saturated carbocycles. The zero-order valence-corrected chi connectivity index (χ0v) is 9.54. The van der Waals surface area contributed by atoms with Gasteiger partial charge < -0.3 is 10.5 Å². The van der Waals surface area contributed by atoms with Crippen LogP contribution in [0, 0.1) is 0 Å². The van der Waals surface area contributed by atoms with E-state index in [1.165, 1.54) is 6.92 Å². The predicted octanol–water partition coefficient (Wildman–Crippen LogP) is 2.54. The third-order valence-corrected chi connectivity index (χ3v) is 2.51. The average molecular weight is 228 g/mol. The largest absolute Gasteiger partial charge is 0.493 e. The molecule has 3 nitrogen and oxygen atoms in total. The van der Waals surface area contributed by atoms with Crippen molar-refractivity contribution in [3.8, 4) is 5.75 Å². The average Bonchev–Trinajstić information content (AvgIpc) is 2.17. The first kappa shape index (κ1) is 11.9. The summed E-state index contributed by atoms with van der Waals surface area (Å²) in [6, 6.07) is 5.10. The molecule has 0 fully saturated rings. The van der Waals surface area contributed by atoms with Crippen LogP contribution < -0.4 is 10.5 Å². The number of nitrogen functional groups attached to an aromatic ring is 1. The Labute approximate surface area is 94.2 Å². The Morgan fingerprint density at radius 1 is 1.60 bits per heavy atom. The normalized spacial score (nSPS) is 12.2. The maximum atomic E-state index is 11.2. The molecule has 82 valence electrons. The van der Waals surface area contributed by atoms with E-state index in [4.69, 9.17) is 22.1 Å². The number of carbonyl (C=O) groups is 1. The topological polar surface area (TPSA) is 52.3 Å². The van der Waals surface area contributed by atoms with Gasteiger partial charge in [-0.1, -0.05) is 6.07 Å². The lowest BCUT2D eigenvalue weighted by Crippen LogP contribution is -2.05. The summed E-state index contributed by atoms with van der Waals surface area (Å²) in [4.78, 5) is 11.2. The highest BCUT2D eigenvalue weighted by atomic mass is 35.5. The molecule has 15 heavy (non-hydrogen) atoms. The first-order chi connectivity index (χ1) is 7.06. The fourth-order valence-corrected chi connectivity index (χ4v) is 1.44. The number of anilines is 1. The zero-order valence-electron chi connectivity index (χ0n) is 8.79. The number of hydrogen-bond acceptors (Lipinski definition) is 3. The van der Waals surface area contributed by atoms with Crippen molar-refractivity contribution in [2.75, 3.05) is 12.3 Å². The summed E-state index contributed by atoms with van der Waals surface area (Å²) in [5.74, 6) is 0.468. The van der Waals surface area contributed by atoms with Gasteiger partial charge >= 0.3 is 0 Å². The van der Waals surface area contributed by atoms with Crippen molar-refractivity contribution in [3.05, 3.63) is 23.8 Å². The molecule has 1 aromatic rings. The van der Waals surface area contributed by atoms with E-state index in [9.17, 15) is 4.79 Å². The molecular formula is C11H14ClNO2. The Balaban J connectivity index is 3.10. The monoisotopic (exact) mass is 227 g/mol. The van der Waals surface area contributed by atoms with Gasteiger partial charge in [0.15, 0.2) is 5.78 Å². The number of rotatable bonds is 4. The highest BCUT2D eigenvalue weighted by molar-refractivity contribution is 6.31. The first-order valence-electron chi connectivity index (χ1n) is 4.73. The van der Waals surface area contributed by atoms with Gasteiger partial charge in [0, 0.05) is 17.3 Å². The number of nitrogens with two attached hydrogens (primary N) is 1. The van der Waals surface area contributed by atoms with E-state index in [0.717, 1.165) is 0 Å². The van der Waals surface area contributed by atoms with Crippen LogP contribution in [-0.2, 0) is 4.79 Å². The molecule has 2 N–H and O–H groups in total. The number of alkyl halides is 1. The second-order valence-corrected chi connectivity index (χ2v) is 3.64. The molecule has 0 aromatic heterocycles. The number of halogens is 1. The van der Waals surface area contributed by atoms with E-state index in [-0.39, 0.29) is 5.78 Å². The van der Waals surface area contributed by atoms with Crippen molar-refractivity contribution >= 4 is 23.1 Å². The Bertz CT molecular complexity index is 366. The van der Waals surface area contributed by atoms with E-state index in [1.807, 2.05) is 6.92 Å². The fraction of sp³-hybridized carbons (Fsp3) is 0.364. The molecule has 1 unspecified atom stereocenters. The van der Waals surface area contributed by atoms with Gasteiger partial charge in [0.2, 0.25) is 0 Å². The molecule has 4 heteroatoms. The first-order valence-corrected chi connectivity index (χ1v) is 5.16. The van der Waals surface area contributed by atoms with Crippen LogP contribution in [0.2, 0.25) is 0 Å². The number of ether oxygens (including phenoxy) is 1. The molecule has 1 atom stereocenters. The molecule has 0 saturated heterocycles. The number of hydrogen-bond donors (Lipinski definition) is 1. The minimum atomic E-state index is -0.674. The van der Waals surface area contributed by atoms with E-state index in [0.29, 0.717) is 23.6 Å². The van der Waals surface area contributed by atoms with Gasteiger partial charge in [0.05, 0.1) is 6.61 Å². The van der Waals surface area contributed by atoms with E-state index in [1.54, 1.807) is 18.2 Å². The highest BCUT2D eigenvalue weighted by Gasteiger charge is 2.17. The summed E-state index contributed by atoms with van der Waals surface area (Å²) in [5, 5.41) is -0.674. The van der Waals surface area contributed by atoms with Crippen LogP contribution in [0.3, 0.4) is 0 Å². The smallest absolute Gasteiger partial charge is 0.152 e. The van der Waals surface area contributed by atoms with Gasteiger partial charge in [-0.3, -0.25) is 4.79 Å². The maximum absolute atomic E-state index is 11.2. The Hall–Kier alpha value is -1.22. The van der Waals surface area contributed by atoms with Crippen molar-refractivity contribution in [2.24, 2.45) is 0 Å². The number of carbonyl (C=O) groups excluding carboxylic acids is 1.